The van der Waals surface area contributed by atoms with Gasteiger partial charge in [-0.1, -0.05) is 83.9 Å². The van der Waals surface area contributed by atoms with Gasteiger partial charge in [-0.2, -0.15) is 41.5 Å². The third kappa shape index (κ3) is 9.68. The Kier molecular flexibility index (Phi) is 13.4. The van der Waals surface area contributed by atoms with Crippen LogP contribution in [0.15, 0.2) is 73.3 Å². The molecule has 0 amide bonds. The maximum atomic E-state index is 15.5. The monoisotopic (exact) mass is 960 g/mol. The van der Waals surface area contributed by atoms with Gasteiger partial charge in [0, 0.05) is 11.1 Å². The third-order valence-corrected chi connectivity index (χ3v) is 11.7. The van der Waals surface area contributed by atoms with E-state index in [2.05, 4.69) is 39.1 Å². The van der Waals surface area contributed by atoms with Crippen molar-refractivity contribution in [2.45, 2.75) is 67.0 Å². The highest BCUT2D eigenvalue weighted by atomic mass is 35.5. The lowest BCUT2D eigenvalue weighted by Gasteiger charge is -2.44. The van der Waals surface area contributed by atoms with E-state index in [9.17, 15) is 26.0 Å². The molecule has 0 saturated carbocycles. The molecule has 2 aromatic carbocycles. The van der Waals surface area contributed by atoms with E-state index >= 15 is 4.39 Å². The first-order valence-electron chi connectivity index (χ1n) is 19.0. The molecule has 5 N–H and O–H groups in total. The van der Waals surface area contributed by atoms with Crippen LogP contribution in [-0.2, 0) is 42.7 Å². The fourth-order valence-corrected chi connectivity index (χ4v) is 8.09. The van der Waals surface area contributed by atoms with Crippen LogP contribution in [0.2, 0.25) is 10.3 Å². The molecule has 10 rings (SSSR count). The number of nitrogens with one attached hydrogen (secondary N) is 1. The van der Waals surface area contributed by atoms with Gasteiger partial charge in [-0.05, 0) is 0 Å². The van der Waals surface area contributed by atoms with Crippen LogP contribution in [0, 0.1) is 0 Å². The van der Waals surface area contributed by atoms with Gasteiger partial charge in [-0.3, -0.25) is 4.18 Å². The highest BCUT2D eigenvalue weighted by molar-refractivity contribution is 7.87. The maximum Gasteiger partial charge on any atom is 0.523 e. The summed E-state index contributed by atoms with van der Waals surface area (Å²) in [7, 11) is -5.94. The van der Waals surface area contributed by atoms with E-state index in [0.29, 0.717) is 33.0 Å². The Morgan fingerprint density at radius 1 is 0.734 bits per heavy atom. The Bertz CT molecular complexity index is 2660. The molecule has 0 bridgehead atoms. The van der Waals surface area contributed by atoms with Crippen LogP contribution in [0.25, 0.3) is 22.3 Å². The molecule has 0 spiro atoms. The number of alkyl halides is 5. The molecule has 4 aromatic heterocycles. The van der Waals surface area contributed by atoms with E-state index in [-0.39, 0.29) is 36.9 Å². The number of nitrogens with zero attached hydrogens (tertiary/aromatic N) is 7. The number of rotatable bonds is 5. The molecule has 64 heavy (non-hydrogen) atoms. The first-order chi connectivity index (χ1) is 30.6. The Balaban J connectivity index is 0.000000143. The van der Waals surface area contributed by atoms with Crippen LogP contribution in [0.3, 0.4) is 0 Å². The van der Waals surface area contributed by atoms with E-state index in [4.69, 9.17) is 63.1 Å². The number of anilines is 2. The number of imidazole rings is 2. The van der Waals surface area contributed by atoms with Crippen LogP contribution in [0.1, 0.15) is 29.7 Å². The molecule has 4 saturated heterocycles. The Morgan fingerprint density at radius 2 is 1.30 bits per heavy atom. The van der Waals surface area contributed by atoms with Crippen molar-refractivity contribution in [2.24, 2.45) is 0 Å². The summed E-state index contributed by atoms with van der Waals surface area (Å²) in [5, 5.41) is 0.419. The molecule has 4 aliphatic rings. The van der Waals surface area contributed by atoms with Gasteiger partial charge >= 0.3 is 15.6 Å². The van der Waals surface area contributed by atoms with Gasteiger partial charge < -0.3 is 49.4 Å². The smallest absolute Gasteiger partial charge is 0.371 e. The summed E-state index contributed by atoms with van der Waals surface area (Å²) in [5.74, 6) is 0.130. The van der Waals surface area contributed by atoms with Crippen molar-refractivity contribution in [3.05, 3.63) is 94.8 Å². The van der Waals surface area contributed by atoms with Gasteiger partial charge in [0.25, 0.3) is 0 Å². The molecule has 4 aliphatic heterocycles. The third-order valence-electron chi connectivity index (χ3n) is 10.1. The van der Waals surface area contributed by atoms with Crippen LogP contribution < -0.4 is 11.5 Å². The summed E-state index contributed by atoms with van der Waals surface area (Å²) in [6.45, 7) is -0.342. The predicted molar refractivity (Wildman–Crippen MR) is 214 cm³/mol. The van der Waals surface area contributed by atoms with Gasteiger partial charge in [-0.25, -0.2) is 18.7 Å². The van der Waals surface area contributed by atoms with Crippen LogP contribution in [-0.4, -0.2) is 123 Å². The second-order valence-electron chi connectivity index (χ2n) is 14.3. The number of H-pyrrole nitrogens is 1. The molecular formula is C37H35Cl2F5N10O9S. The number of fused-ring (bicyclic) bond motifs is 4. The number of benzene rings is 2. The summed E-state index contributed by atoms with van der Waals surface area (Å²) in [4.78, 5) is 26.5. The maximum absolute atomic E-state index is 15.5. The lowest BCUT2D eigenvalue weighted by atomic mass is 9.98. The number of nitrogen functional groups attached to an aromatic ring is 2. The van der Waals surface area contributed by atoms with E-state index in [1.165, 1.54) is 12.7 Å². The summed E-state index contributed by atoms with van der Waals surface area (Å²) < 4.78 is 129. The molecule has 0 radical (unpaired) electrons. The van der Waals surface area contributed by atoms with Gasteiger partial charge in [0.05, 0.1) is 45.1 Å². The molecular weight excluding hydrogens is 926 g/mol. The van der Waals surface area contributed by atoms with Gasteiger partial charge in [0.15, 0.2) is 46.5 Å². The molecule has 19 nitrogen and oxygen atoms in total. The number of nitrogens with two attached hydrogens (primary N) is 2. The molecule has 0 aliphatic carbocycles. The summed E-state index contributed by atoms with van der Waals surface area (Å²) in [6, 6.07) is 17.2. The number of ether oxygens (including phenoxy) is 6. The quantitative estimate of drug-likeness (QED) is 0.0878. The predicted octanol–water partition coefficient (Wildman–Crippen LogP) is 5.11. The lowest BCUT2D eigenvalue weighted by molar-refractivity contribution is -0.303. The molecule has 342 valence electrons. The van der Waals surface area contributed by atoms with Crippen molar-refractivity contribution < 1.29 is 63.0 Å². The molecule has 8 heterocycles. The molecule has 4 fully saturated rings. The van der Waals surface area contributed by atoms with E-state index in [1.807, 2.05) is 30.3 Å². The number of hydrogen-bond acceptors (Lipinski definition) is 17. The second-order valence-corrected chi connectivity index (χ2v) is 16.5. The fraction of sp³-hybridized carbons (Fsp3) is 0.405. The Hall–Kier alpha value is -4.96. The normalized spacial score (nSPS) is 28.2. The average Bonchev–Trinajstić information content (AvgIpc) is 3.93. The number of aromatic nitrogens is 8. The van der Waals surface area contributed by atoms with Crippen molar-refractivity contribution in [3.63, 3.8) is 0 Å². The SMILES string of the molecule is Nc1nc(Cl)c2[nH]cnc2n1.Nc1nc(Cl)c2ncn([C@@H]3CO[C@@H]4COC(c5ccccc5)O[C@H]4[C@H]3F)c2n1.O=S(=O)(O[C@H]1CO[C@@H]2COC(c3ccccc3)O[C@H]2[C@H]1F)C(F)(F)F. The Morgan fingerprint density at radius 3 is 1.91 bits per heavy atom. The molecule has 27 heteroatoms. The molecule has 6 aromatic rings. The van der Waals surface area contributed by atoms with E-state index in [0.717, 1.165) is 5.56 Å². The van der Waals surface area contributed by atoms with Crippen molar-refractivity contribution in [3.8, 4) is 0 Å². The highest BCUT2D eigenvalue weighted by Gasteiger charge is 2.54. The van der Waals surface area contributed by atoms with E-state index < -0.39 is 83.7 Å². The Labute approximate surface area is 368 Å². The van der Waals surface area contributed by atoms with Gasteiger partial charge in [-0.15, -0.1) is 0 Å². The van der Waals surface area contributed by atoms with Crippen LogP contribution in [0.5, 0.6) is 0 Å². The zero-order valence-corrected chi connectivity index (χ0v) is 34.9. The van der Waals surface area contributed by atoms with E-state index in [1.54, 1.807) is 34.9 Å². The minimum Gasteiger partial charge on any atom is -0.371 e. The minimum absolute atomic E-state index is 0.00396. The zero-order chi connectivity index (χ0) is 45.3. The number of hydrogen-bond donors (Lipinski definition) is 3. The second kappa shape index (κ2) is 18.9. The average molecular weight is 962 g/mol. The van der Waals surface area contributed by atoms with Crippen molar-refractivity contribution in [1.82, 2.24) is 39.5 Å². The largest absolute Gasteiger partial charge is 0.523 e. The summed E-state index contributed by atoms with van der Waals surface area (Å²) in [5.41, 5.74) is 8.60. The molecule has 2 unspecified atom stereocenters. The number of halogens is 7. The standard InChI is InChI=1S/C18H17ClFN5O3.C14H14F4O6S.C5H4ClN5/c19-15-13-16(24-18(21)23-15)25(8-22-13)10-6-26-11-7-27-17(28-14(11)12(10)20)9-4-2-1-3-5-9;15-11-9(24-25(19,20)14(16,17)18)6-21-10-7-22-13(23-12(10)11)8-4-2-1-3-5-8;6-3-2-4(9-1-8-2)11-5(7)10-3/h1-5,8,10-12,14,17H,6-7H2,(H2,21,23,24);1-5,9-13H,6-7H2;1H,(H3,7,8,9,10,11)/t10-,11-,12+,14-,17?;9-,10+,11-,12+,13?;/m10./s1. The van der Waals surface area contributed by atoms with Gasteiger partial charge in [0.1, 0.15) is 41.6 Å². The fourth-order valence-electron chi connectivity index (χ4n) is 7.05. The summed E-state index contributed by atoms with van der Waals surface area (Å²) >= 11 is 11.8. The summed E-state index contributed by atoms with van der Waals surface area (Å²) in [6.07, 6.45) is -7.53. The van der Waals surface area contributed by atoms with Crippen molar-refractivity contribution >= 4 is 67.5 Å². The zero-order valence-electron chi connectivity index (χ0n) is 32.5. The topological polar surface area (TPSA) is 249 Å². The highest BCUT2D eigenvalue weighted by Crippen LogP contribution is 2.39. The first-order valence-corrected chi connectivity index (χ1v) is 21.2. The van der Waals surface area contributed by atoms with Crippen molar-refractivity contribution in [1.29, 1.82) is 0 Å². The van der Waals surface area contributed by atoms with Crippen molar-refractivity contribution in [2.75, 3.05) is 37.9 Å². The lowest BCUT2D eigenvalue weighted by Crippen LogP contribution is -2.57. The molecule has 10 atom stereocenters. The van der Waals surface area contributed by atoms with Crippen LogP contribution in [0.4, 0.5) is 33.8 Å². The first kappa shape index (κ1) is 45.6. The van der Waals surface area contributed by atoms with Crippen LogP contribution >= 0.6 is 23.2 Å². The minimum atomic E-state index is -5.94. The van der Waals surface area contributed by atoms with Gasteiger partial charge in [0.2, 0.25) is 11.9 Å². The number of aromatic amines is 1.